The van der Waals surface area contributed by atoms with Crippen LogP contribution in [-0.2, 0) is 4.74 Å². The summed E-state index contributed by atoms with van der Waals surface area (Å²) in [5.74, 6) is 2.40. The van der Waals surface area contributed by atoms with Gasteiger partial charge in [0.15, 0.2) is 4.96 Å². The average Bonchev–Trinajstić information content (AvgIpc) is 3.34. The van der Waals surface area contributed by atoms with Crippen LogP contribution in [0.5, 0.6) is 0 Å². The first-order chi connectivity index (χ1) is 12.2. The second-order valence-corrected chi connectivity index (χ2v) is 6.98. The molecule has 0 spiro atoms. The molecule has 4 aromatic rings. The van der Waals surface area contributed by atoms with Crippen LogP contribution in [0.1, 0.15) is 15.2 Å². The van der Waals surface area contributed by atoms with E-state index in [0.717, 1.165) is 27.4 Å². The summed E-state index contributed by atoms with van der Waals surface area (Å²) in [5, 5.41) is 2.00. The topological polar surface area (TPSA) is 56.5 Å². The largest absolute Gasteiger partial charge is 0.465 e. The quantitative estimate of drug-likeness (QED) is 0.407. The van der Waals surface area contributed by atoms with E-state index in [2.05, 4.69) is 15.9 Å². The van der Waals surface area contributed by atoms with Gasteiger partial charge in [-0.1, -0.05) is 23.3 Å². The number of hydrogen-bond donors (Lipinski definition) is 0. The lowest BCUT2D eigenvalue weighted by atomic mass is 10.1. The summed E-state index contributed by atoms with van der Waals surface area (Å²) < 4.78 is 6.65. The zero-order valence-corrected chi connectivity index (χ0v) is 14.7. The molecular weight excluding hydrogens is 354 g/mol. The van der Waals surface area contributed by atoms with Gasteiger partial charge in [0, 0.05) is 23.3 Å². The number of thiophene rings is 1. The third-order valence-corrected chi connectivity index (χ3v) is 5.69. The number of aromatic nitrogens is 3. The van der Waals surface area contributed by atoms with Gasteiger partial charge in [-0.25, -0.2) is 9.78 Å². The SMILES string of the molecule is C#Cc1c(-c2ccccn2)csc1-c1cnc2sc(C(=O)OC)cn12. The molecule has 0 radical (unpaired) electrons. The predicted octanol–water partition coefficient (Wildman–Crippen LogP) is 3.95. The van der Waals surface area contributed by atoms with Crippen LogP contribution in [0.15, 0.2) is 42.2 Å². The van der Waals surface area contributed by atoms with Crippen molar-refractivity contribution in [3.05, 3.63) is 52.6 Å². The highest BCUT2D eigenvalue weighted by molar-refractivity contribution is 7.19. The number of thiazole rings is 1. The number of carbonyl (C=O) groups excluding carboxylic acids is 1. The fourth-order valence-electron chi connectivity index (χ4n) is 2.55. The number of esters is 1. The Morgan fingerprint density at radius 3 is 2.96 bits per heavy atom. The predicted molar refractivity (Wildman–Crippen MR) is 98.9 cm³/mol. The normalized spacial score (nSPS) is 10.7. The van der Waals surface area contributed by atoms with E-state index in [0.29, 0.717) is 9.84 Å². The summed E-state index contributed by atoms with van der Waals surface area (Å²) in [7, 11) is 1.36. The molecule has 5 nitrogen and oxygen atoms in total. The number of terminal acetylenes is 1. The highest BCUT2D eigenvalue weighted by atomic mass is 32.1. The van der Waals surface area contributed by atoms with Crippen LogP contribution in [0, 0.1) is 12.3 Å². The van der Waals surface area contributed by atoms with E-state index in [1.54, 1.807) is 18.6 Å². The minimum atomic E-state index is -0.376. The summed E-state index contributed by atoms with van der Waals surface area (Å²) >= 11 is 2.82. The molecular formula is C18H11N3O2S2. The lowest BCUT2D eigenvalue weighted by molar-refractivity contribution is 0.0606. The Labute approximate surface area is 151 Å². The third-order valence-electron chi connectivity index (χ3n) is 3.71. The van der Waals surface area contributed by atoms with E-state index in [4.69, 9.17) is 11.2 Å². The fourth-order valence-corrected chi connectivity index (χ4v) is 4.46. The molecule has 4 aromatic heterocycles. The summed E-state index contributed by atoms with van der Waals surface area (Å²) in [4.78, 5) is 22.6. The summed E-state index contributed by atoms with van der Waals surface area (Å²) in [6.07, 6.45) is 11.0. The third kappa shape index (κ3) is 2.52. The number of ether oxygens (including phenoxy) is 1. The summed E-state index contributed by atoms with van der Waals surface area (Å²) in [6, 6.07) is 5.73. The first-order valence-electron chi connectivity index (χ1n) is 7.28. The Kier molecular flexibility index (Phi) is 3.84. The van der Waals surface area contributed by atoms with E-state index in [-0.39, 0.29) is 5.97 Å². The van der Waals surface area contributed by atoms with E-state index in [1.807, 2.05) is 28.0 Å². The molecule has 0 aliphatic heterocycles. The zero-order valence-electron chi connectivity index (χ0n) is 13.1. The molecule has 0 fully saturated rings. The number of fused-ring (bicyclic) bond motifs is 1. The molecule has 0 aliphatic rings. The van der Waals surface area contributed by atoms with Crippen molar-refractivity contribution in [2.24, 2.45) is 0 Å². The van der Waals surface area contributed by atoms with Crippen LogP contribution in [0.4, 0.5) is 0 Å². The molecule has 25 heavy (non-hydrogen) atoms. The number of nitrogens with zero attached hydrogens (tertiary/aromatic N) is 3. The zero-order chi connectivity index (χ0) is 17.4. The van der Waals surface area contributed by atoms with Crippen LogP contribution in [0.3, 0.4) is 0 Å². The Balaban J connectivity index is 1.87. The molecule has 0 N–H and O–H groups in total. The number of rotatable bonds is 3. The van der Waals surface area contributed by atoms with Gasteiger partial charge in [0.2, 0.25) is 0 Å². The standard InChI is InChI=1S/C18H11N3O2S2/c1-3-11-12(13-6-4-5-7-19-13)10-24-16(11)14-8-20-18-21(14)9-15(25-18)17(22)23-2/h1,4-10H,2H3. The molecule has 0 saturated heterocycles. The number of imidazole rings is 1. The maximum atomic E-state index is 11.8. The highest BCUT2D eigenvalue weighted by Crippen LogP contribution is 2.38. The monoisotopic (exact) mass is 365 g/mol. The summed E-state index contributed by atoms with van der Waals surface area (Å²) in [6.45, 7) is 0. The van der Waals surface area contributed by atoms with E-state index in [1.165, 1.54) is 29.8 Å². The number of hydrogen-bond acceptors (Lipinski definition) is 6. The Bertz CT molecular complexity index is 1120. The van der Waals surface area contributed by atoms with Crippen molar-refractivity contribution >= 4 is 33.6 Å². The molecule has 0 unspecified atom stereocenters. The summed E-state index contributed by atoms with van der Waals surface area (Å²) in [5.41, 5.74) is 3.37. The Morgan fingerprint density at radius 1 is 1.36 bits per heavy atom. The van der Waals surface area contributed by atoms with Gasteiger partial charge in [0.25, 0.3) is 0 Å². The van der Waals surface area contributed by atoms with Crippen LogP contribution in [0.25, 0.3) is 26.8 Å². The molecule has 7 heteroatoms. The van der Waals surface area contributed by atoms with Crippen molar-refractivity contribution in [3.63, 3.8) is 0 Å². The van der Waals surface area contributed by atoms with Crippen molar-refractivity contribution in [1.29, 1.82) is 0 Å². The van der Waals surface area contributed by atoms with Gasteiger partial charge in [-0.05, 0) is 12.1 Å². The van der Waals surface area contributed by atoms with E-state index < -0.39 is 0 Å². The Morgan fingerprint density at radius 2 is 2.24 bits per heavy atom. The molecule has 4 heterocycles. The molecule has 0 aromatic carbocycles. The smallest absolute Gasteiger partial charge is 0.349 e. The van der Waals surface area contributed by atoms with Gasteiger partial charge in [-0.3, -0.25) is 9.38 Å². The lowest BCUT2D eigenvalue weighted by Gasteiger charge is -2.01. The Hall–Kier alpha value is -2.95. The van der Waals surface area contributed by atoms with E-state index in [9.17, 15) is 4.79 Å². The van der Waals surface area contributed by atoms with Crippen molar-refractivity contribution in [1.82, 2.24) is 14.4 Å². The molecule has 0 atom stereocenters. The second kappa shape index (κ2) is 6.16. The maximum Gasteiger partial charge on any atom is 0.349 e. The van der Waals surface area contributed by atoms with Crippen LogP contribution >= 0.6 is 22.7 Å². The number of methoxy groups -OCH3 is 1. The van der Waals surface area contributed by atoms with E-state index >= 15 is 0 Å². The van der Waals surface area contributed by atoms with Crippen molar-refractivity contribution in [2.75, 3.05) is 7.11 Å². The van der Waals surface area contributed by atoms with Crippen molar-refractivity contribution in [2.45, 2.75) is 0 Å². The molecule has 0 saturated carbocycles. The van der Waals surface area contributed by atoms with Gasteiger partial charge in [-0.15, -0.1) is 17.8 Å². The van der Waals surface area contributed by atoms with Crippen molar-refractivity contribution < 1.29 is 9.53 Å². The molecule has 0 bridgehead atoms. The highest BCUT2D eigenvalue weighted by Gasteiger charge is 2.19. The van der Waals surface area contributed by atoms with Gasteiger partial charge < -0.3 is 4.74 Å². The number of pyridine rings is 1. The molecule has 0 amide bonds. The molecule has 4 rings (SSSR count). The van der Waals surface area contributed by atoms with Gasteiger partial charge in [-0.2, -0.15) is 0 Å². The maximum absolute atomic E-state index is 11.8. The van der Waals surface area contributed by atoms with Gasteiger partial charge in [0.05, 0.1) is 35.1 Å². The molecule has 122 valence electrons. The van der Waals surface area contributed by atoms with Crippen LogP contribution in [-0.4, -0.2) is 27.4 Å². The number of carbonyl (C=O) groups is 1. The average molecular weight is 365 g/mol. The lowest BCUT2D eigenvalue weighted by Crippen LogP contribution is -1.97. The minimum absolute atomic E-state index is 0.376. The van der Waals surface area contributed by atoms with Crippen molar-refractivity contribution in [3.8, 4) is 34.2 Å². The van der Waals surface area contributed by atoms with Gasteiger partial charge >= 0.3 is 5.97 Å². The minimum Gasteiger partial charge on any atom is -0.465 e. The first-order valence-corrected chi connectivity index (χ1v) is 8.97. The van der Waals surface area contributed by atoms with Gasteiger partial charge in [0.1, 0.15) is 4.88 Å². The fraction of sp³-hybridized carbons (Fsp3) is 0.0556. The second-order valence-electron chi connectivity index (χ2n) is 5.10. The molecule has 0 aliphatic carbocycles. The first kappa shape index (κ1) is 15.6. The van der Waals surface area contributed by atoms with Crippen LogP contribution in [0.2, 0.25) is 0 Å². The van der Waals surface area contributed by atoms with Crippen LogP contribution < -0.4 is 0 Å².